The summed E-state index contributed by atoms with van der Waals surface area (Å²) in [5.41, 5.74) is 3.82. The van der Waals surface area contributed by atoms with E-state index in [9.17, 15) is 14.3 Å². The molecule has 8 heteroatoms. The lowest BCUT2D eigenvalue weighted by atomic mass is 9.91. The fourth-order valence-electron chi connectivity index (χ4n) is 4.51. The maximum Gasteiger partial charge on any atom is 0.251 e. The van der Waals surface area contributed by atoms with Gasteiger partial charge in [-0.15, -0.1) is 0 Å². The Morgan fingerprint density at radius 2 is 1.78 bits per heavy atom. The van der Waals surface area contributed by atoms with Crippen molar-refractivity contribution in [2.45, 2.75) is 45.9 Å². The van der Waals surface area contributed by atoms with E-state index in [1.54, 1.807) is 44.2 Å². The van der Waals surface area contributed by atoms with Crippen LogP contribution in [0.3, 0.4) is 0 Å². The summed E-state index contributed by atoms with van der Waals surface area (Å²) in [7, 11) is 3.32. The Hall–Kier alpha value is -3.78. The van der Waals surface area contributed by atoms with Crippen molar-refractivity contribution in [3.8, 4) is 28.4 Å². The molecule has 0 radical (unpaired) electrons. The minimum atomic E-state index is -0.777. The number of hydrogen-bond acceptors (Lipinski definition) is 6. The number of halogens is 1. The lowest BCUT2D eigenvalue weighted by molar-refractivity contribution is -0.121. The van der Waals surface area contributed by atoms with Gasteiger partial charge in [0.05, 0.1) is 24.6 Å². The zero-order valence-corrected chi connectivity index (χ0v) is 22.0. The number of carbonyl (C=O) groups excluding carboxylic acids is 1. The molecule has 4 rings (SSSR count). The summed E-state index contributed by atoms with van der Waals surface area (Å²) in [6.07, 6.45) is -0.605. The van der Waals surface area contributed by atoms with Gasteiger partial charge in [-0.3, -0.25) is 4.79 Å². The Kier molecular flexibility index (Phi) is 7.32. The van der Waals surface area contributed by atoms with Crippen molar-refractivity contribution < 1.29 is 28.5 Å². The molecule has 7 nitrogen and oxygen atoms in total. The van der Waals surface area contributed by atoms with Crippen molar-refractivity contribution in [1.29, 1.82) is 0 Å². The van der Waals surface area contributed by atoms with Crippen LogP contribution < -0.4 is 24.4 Å². The summed E-state index contributed by atoms with van der Waals surface area (Å²) in [4.78, 5) is 14.8. The zero-order chi connectivity index (χ0) is 26.9. The fraction of sp³-hybridized carbons (Fsp3) is 0.345. The second-order valence-electron chi connectivity index (χ2n) is 9.82. The third kappa shape index (κ3) is 5.34. The summed E-state index contributed by atoms with van der Waals surface area (Å²) < 4.78 is 31.4. The molecule has 37 heavy (non-hydrogen) atoms. The van der Waals surface area contributed by atoms with Gasteiger partial charge in [0.1, 0.15) is 41.8 Å². The van der Waals surface area contributed by atoms with E-state index in [0.717, 1.165) is 27.9 Å². The van der Waals surface area contributed by atoms with Crippen LogP contribution in [0.25, 0.3) is 11.1 Å². The molecule has 0 aliphatic carbocycles. The van der Waals surface area contributed by atoms with Crippen LogP contribution in [0.5, 0.6) is 17.2 Å². The van der Waals surface area contributed by atoms with Crippen LogP contribution in [0.4, 0.5) is 15.8 Å². The van der Waals surface area contributed by atoms with E-state index in [2.05, 4.69) is 5.32 Å². The number of anilines is 2. The maximum atomic E-state index is 14.0. The minimum Gasteiger partial charge on any atom is -0.496 e. The summed E-state index contributed by atoms with van der Waals surface area (Å²) >= 11 is 0. The molecule has 1 heterocycles. The third-order valence-corrected chi connectivity index (χ3v) is 6.38. The molecule has 0 saturated heterocycles. The van der Waals surface area contributed by atoms with Crippen LogP contribution >= 0.6 is 0 Å². The van der Waals surface area contributed by atoms with Crippen LogP contribution in [-0.2, 0) is 11.4 Å². The van der Waals surface area contributed by atoms with Gasteiger partial charge in [-0.05, 0) is 63.1 Å². The molecule has 1 atom stereocenters. The van der Waals surface area contributed by atoms with Crippen LogP contribution in [0, 0.1) is 12.7 Å². The van der Waals surface area contributed by atoms with Crippen molar-refractivity contribution in [2.75, 3.05) is 31.0 Å². The quantitative estimate of drug-likeness (QED) is 0.429. The largest absolute Gasteiger partial charge is 0.496 e. The Morgan fingerprint density at radius 1 is 1.05 bits per heavy atom. The Morgan fingerprint density at radius 3 is 2.49 bits per heavy atom. The molecule has 1 aliphatic rings. The standard InChI is InChI=1S/C29H33FN2O5/c1-17-7-8-19(30)13-25(17)37-16-23-21(11-12-24-27(23)32(5)28(34)29(3,4)31-24)22-10-9-20(14-26(22)35-6)36-15-18(2)33/h7-14,18,31,33H,15-16H2,1-6H3/t18-/m1/s1. The van der Waals surface area contributed by atoms with Gasteiger partial charge in [0.15, 0.2) is 0 Å². The number of aliphatic hydroxyl groups is 1. The highest BCUT2D eigenvalue weighted by atomic mass is 19.1. The number of rotatable bonds is 8. The van der Waals surface area contributed by atoms with E-state index in [1.165, 1.54) is 12.1 Å². The Bertz CT molecular complexity index is 1320. The monoisotopic (exact) mass is 508 g/mol. The molecular formula is C29H33FN2O5. The molecule has 3 aromatic carbocycles. The van der Waals surface area contributed by atoms with Crippen molar-refractivity contribution in [3.05, 3.63) is 65.5 Å². The molecule has 0 aromatic heterocycles. The van der Waals surface area contributed by atoms with Crippen LogP contribution in [-0.4, -0.2) is 43.4 Å². The molecule has 0 fully saturated rings. The molecule has 0 spiro atoms. The number of ether oxygens (including phenoxy) is 3. The molecule has 2 N–H and O–H groups in total. The van der Waals surface area contributed by atoms with E-state index in [0.29, 0.717) is 22.9 Å². The highest BCUT2D eigenvalue weighted by molar-refractivity contribution is 6.08. The van der Waals surface area contributed by atoms with E-state index >= 15 is 0 Å². The van der Waals surface area contributed by atoms with Gasteiger partial charge in [-0.25, -0.2) is 4.39 Å². The predicted molar refractivity (Wildman–Crippen MR) is 142 cm³/mol. The third-order valence-electron chi connectivity index (χ3n) is 6.38. The Labute approximate surface area is 216 Å². The SMILES string of the molecule is COc1cc(OC[C@@H](C)O)ccc1-c1ccc2c(c1COc1cc(F)ccc1C)N(C)C(=O)C(C)(C)N2. The molecule has 0 bridgehead atoms. The van der Waals surface area contributed by atoms with E-state index < -0.39 is 11.6 Å². The first kappa shape index (κ1) is 26.3. The van der Waals surface area contributed by atoms with Crippen LogP contribution in [0.2, 0.25) is 0 Å². The molecular weight excluding hydrogens is 475 g/mol. The molecule has 3 aromatic rings. The number of aliphatic hydroxyl groups excluding tert-OH is 1. The second-order valence-corrected chi connectivity index (χ2v) is 9.82. The number of benzene rings is 3. The maximum absolute atomic E-state index is 14.0. The molecule has 1 amide bonds. The summed E-state index contributed by atoms with van der Waals surface area (Å²) in [5.74, 6) is 1.07. The van der Waals surface area contributed by atoms with Gasteiger partial charge >= 0.3 is 0 Å². The number of hydrogen-bond donors (Lipinski definition) is 2. The highest BCUT2D eigenvalue weighted by Gasteiger charge is 2.38. The number of aryl methyl sites for hydroxylation is 1. The number of amides is 1. The first-order chi connectivity index (χ1) is 17.5. The summed E-state index contributed by atoms with van der Waals surface area (Å²) in [6.45, 7) is 7.42. The number of fused-ring (bicyclic) bond motifs is 1. The summed E-state index contributed by atoms with van der Waals surface area (Å²) in [5, 5.41) is 12.9. The average molecular weight is 509 g/mol. The fourth-order valence-corrected chi connectivity index (χ4v) is 4.51. The average Bonchev–Trinajstić information content (AvgIpc) is 2.86. The summed E-state index contributed by atoms with van der Waals surface area (Å²) in [6, 6.07) is 13.7. The number of likely N-dealkylation sites (N-methyl/N-ethyl adjacent to an activating group) is 1. The normalized spacial score (nSPS) is 15.0. The molecule has 0 saturated carbocycles. The van der Waals surface area contributed by atoms with E-state index in [-0.39, 0.29) is 24.9 Å². The smallest absolute Gasteiger partial charge is 0.251 e. The lowest BCUT2D eigenvalue weighted by Gasteiger charge is -2.39. The molecule has 196 valence electrons. The van der Waals surface area contributed by atoms with Gasteiger partial charge < -0.3 is 29.5 Å². The van der Waals surface area contributed by atoms with Crippen LogP contribution in [0.15, 0.2) is 48.5 Å². The topological polar surface area (TPSA) is 80.3 Å². The zero-order valence-electron chi connectivity index (χ0n) is 22.0. The van der Waals surface area contributed by atoms with Crippen LogP contribution in [0.1, 0.15) is 31.9 Å². The first-order valence-corrected chi connectivity index (χ1v) is 12.1. The van der Waals surface area contributed by atoms with Gasteiger partial charge in [-0.2, -0.15) is 0 Å². The van der Waals surface area contributed by atoms with E-state index in [4.69, 9.17) is 14.2 Å². The van der Waals surface area contributed by atoms with Gasteiger partial charge in [-0.1, -0.05) is 12.1 Å². The van der Waals surface area contributed by atoms with Crippen molar-refractivity contribution in [3.63, 3.8) is 0 Å². The second kappa shape index (κ2) is 10.3. The lowest BCUT2D eigenvalue weighted by Crippen LogP contribution is -2.52. The van der Waals surface area contributed by atoms with Crippen molar-refractivity contribution in [2.24, 2.45) is 0 Å². The molecule has 1 aliphatic heterocycles. The number of methoxy groups -OCH3 is 1. The van der Waals surface area contributed by atoms with Gasteiger partial charge in [0.25, 0.3) is 5.91 Å². The first-order valence-electron chi connectivity index (χ1n) is 12.1. The van der Waals surface area contributed by atoms with E-state index in [1.807, 2.05) is 39.0 Å². The highest BCUT2D eigenvalue weighted by Crippen LogP contribution is 2.45. The number of nitrogens with one attached hydrogen (secondary N) is 1. The molecule has 0 unspecified atom stereocenters. The van der Waals surface area contributed by atoms with Crippen molar-refractivity contribution >= 4 is 17.3 Å². The van der Waals surface area contributed by atoms with Crippen molar-refractivity contribution in [1.82, 2.24) is 0 Å². The minimum absolute atomic E-state index is 0.0887. The Balaban J connectivity index is 1.84. The predicted octanol–water partition coefficient (Wildman–Crippen LogP) is 5.32. The van der Waals surface area contributed by atoms with Gasteiger partial charge in [0, 0.05) is 30.3 Å². The number of nitrogens with zero attached hydrogens (tertiary/aromatic N) is 1. The number of carbonyl (C=O) groups is 1. The van der Waals surface area contributed by atoms with Gasteiger partial charge in [0.2, 0.25) is 0 Å².